The van der Waals surface area contributed by atoms with Gasteiger partial charge in [-0.3, -0.25) is 9.69 Å². The fraction of sp³-hybridized carbons (Fsp3) is 0.812. The number of carbonyl (C=O) groups excluding carboxylic acids is 1. The average molecular weight is 264 g/mol. The summed E-state index contributed by atoms with van der Waals surface area (Å²) in [5, 5.41) is 3.14. The van der Waals surface area contributed by atoms with Gasteiger partial charge in [-0.2, -0.15) is 0 Å². The van der Waals surface area contributed by atoms with Crippen molar-refractivity contribution < 1.29 is 4.79 Å². The Bertz CT molecular complexity index is 321. The van der Waals surface area contributed by atoms with Gasteiger partial charge in [-0.05, 0) is 37.6 Å². The molecule has 19 heavy (non-hydrogen) atoms. The van der Waals surface area contributed by atoms with Gasteiger partial charge < -0.3 is 5.32 Å². The molecule has 1 unspecified atom stereocenters. The molecule has 0 aromatic heterocycles. The van der Waals surface area contributed by atoms with Crippen LogP contribution >= 0.6 is 0 Å². The molecule has 1 saturated heterocycles. The van der Waals surface area contributed by atoms with E-state index in [0.717, 1.165) is 32.5 Å². The minimum atomic E-state index is 0.296. The SMILES string of the molecule is CC(C)C=CCN1CCC(CNC(=O)C2CCC2)C1. The third kappa shape index (κ3) is 4.64. The first-order chi connectivity index (χ1) is 9.15. The summed E-state index contributed by atoms with van der Waals surface area (Å²) in [5.41, 5.74) is 0. The van der Waals surface area contributed by atoms with Gasteiger partial charge in [0.1, 0.15) is 0 Å². The molecular formula is C16H28N2O. The van der Waals surface area contributed by atoms with Crippen molar-refractivity contribution in [2.75, 3.05) is 26.2 Å². The van der Waals surface area contributed by atoms with Gasteiger partial charge in [0.2, 0.25) is 5.91 Å². The lowest BCUT2D eigenvalue weighted by Gasteiger charge is -2.24. The lowest BCUT2D eigenvalue weighted by Crippen LogP contribution is -2.37. The number of hydrogen-bond donors (Lipinski definition) is 1. The van der Waals surface area contributed by atoms with Gasteiger partial charge in [0.25, 0.3) is 0 Å². The van der Waals surface area contributed by atoms with Gasteiger partial charge in [-0.25, -0.2) is 0 Å². The number of nitrogens with one attached hydrogen (secondary N) is 1. The summed E-state index contributed by atoms with van der Waals surface area (Å²) >= 11 is 0. The van der Waals surface area contributed by atoms with E-state index < -0.39 is 0 Å². The van der Waals surface area contributed by atoms with Crippen LogP contribution in [0.4, 0.5) is 0 Å². The molecule has 2 fully saturated rings. The molecule has 2 aliphatic rings. The number of amides is 1. The Kier molecular flexibility index (Phi) is 5.44. The van der Waals surface area contributed by atoms with Crippen LogP contribution in [-0.4, -0.2) is 37.0 Å². The molecule has 3 heteroatoms. The number of hydrogen-bond acceptors (Lipinski definition) is 2. The highest BCUT2D eigenvalue weighted by Crippen LogP contribution is 2.26. The zero-order valence-corrected chi connectivity index (χ0v) is 12.4. The molecule has 0 spiro atoms. The maximum atomic E-state index is 11.8. The lowest BCUT2D eigenvalue weighted by molar-refractivity contribution is -0.127. The molecule has 1 saturated carbocycles. The predicted octanol–water partition coefficient (Wildman–Crippen LogP) is 2.44. The summed E-state index contributed by atoms with van der Waals surface area (Å²) < 4.78 is 0. The van der Waals surface area contributed by atoms with Gasteiger partial charge in [0.15, 0.2) is 0 Å². The third-order valence-corrected chi connectivity index (χ3v) is 4.30. The second kappa shape index (κ2) is 7.09. The van der Waals surface area contributed by atoms with Crippen LogP contribution < -0.4 is 5.32 Å². The predicted molar refractivity (Wildman–Crippen MR) is 78.9 cm³/mol. The molecule has 0 radical (unpaired) electrons. The van der Waals surface area contributed by atoms with Crippen molar-refractivity contribution in [1.29, 1.82) is 0 Å². The van der Waals surface area contributed by atoms with Crippen molar-refractivity contribution in [3.63, 3.8) is 0 Å². The number of likely N-dealkylation sites (tertiary alicyclic amines) is 1. The Morgan fingerprint density at radius 3 is 2.79 bits per heavy atom. The van der Waals surface area contributed by atoms with E-state index in [4.69, 9.17) is 0 Å². The number of allylic oxidation sites excluding steroid dienone is 1. The number of rotatable bonds is 6. The number of carbonyl (C=O) groups is 1. The Morgan fingerprint density at radius 2 is 2.16 bits per heavy atom. The molecule has 2 rings (SSSR count). The summed E-state index contributed by atoms with van der Waals surface area (Å²) in [5.74, 6) is 1.91. The summed E-state index contributed by atoms with van der Waals surface area (Å²) in [6.45, 7) is 8.66. The van der Waals surface area contributed by atoms with Crippen LogP contribution in [0.15, 0.2) is 12.2 Å². The van der Waals surface area contributed by atoms with Crippen LogP contribution in [0.25, 0.3) is 0 Å². The molecule has 108 valence electrons. The molecule has 0 bridgehead atoms. The van der Waals surface area contributed by atoms with Crippen LogP contribution in [0.3, 0.4) is 0 Å². The monoisotopic (exact) mass is 264 g/mol. The first-order valence-electron chi connectivity index (χ1n) is 7.82. The summed E-state index contributed by atoms with van der Waals surface area (Å²) in [6.07, 6.45) is 9.20. The average Bonchev–Trinajstić information content (AvgIpc) is 2.71. The molecular weight excluding hydrogens is 236 g/mol. The van der Waals surface area contributed by atoms with Gasteiger partial charge in [-0.1, -0.05) is 32.4 Å². The summed E-state index contributed by atoms with van der Waals surface area (Å²) in [7, 11) is 0. The van der Waals surface area contributed by atoms with Crippen LogP contribution in [-0.2, 0) is 4.79 Å². The largest absolute Gasteiger partial charge is 0.356 e. The summed E-state index contributed by atoms with van der Waals surface area (Å²) in [6, 6.07) is 0. The van der Waals surface area contributed by atoms with Gasteiger partial charge in [0, 0.05) is 25.6 Å². The maximum absolute atomic E-state index is 11.8. The van der Waals surface area contributed by atoms with E-state index in [1.165, 1.54) is 19.4 Å². The van der Waals surface area contributed by atoms with E-state index in [0.29, 0.717) is 23.7 Å². The molecule has 1 N–H and O–H groups in total. The van der Waals surface area contributed by atoms with Crippen molar-refractivity contribution >= 4 is 5.91 Å². The molecule has 0 aromatic carbocycles. The topological polar surface area (TPSA) is 32.3 Å². The highest BCUT2D eigenvalue weighted by molar-refractivity contribution is 5.79. The third-order valence-electron chi connectivity index (χ3n) is 4.30. The highest BCUT2D eigenvalue weighted by Gasteiger charge is 2.27. The zero-order chi connectivity index (χ0) is 13.7. The standard InChI is InChI=1S/C16H28N2O/c1-13(2)5-4-9-18-10-8-14(12-18)11-17-16(19)15-6-3-7-15/h4-5,13-15H,3,6-12H2,1-2H3,(H,17,19). The molecule has 1 heterocycles. The van der Waals surface area contributed by atoms with Gasteiger partial charge in [0.05, 0.1) is 0 Å². The first kappa shape index (κ1) is 14.6. The molecule has 1 atom stereocenters. The number of nitrogens with zero attached hydrogens (tertiary/aromatic N) is 1. The van der Waals surface area contributed by atoms with Crippen molar-refractivity contribution in [3.05, 3.63) is 12.2 Å². The zero-order valence-electron chi connectivity index (χ0n) is 12.4. The Balaban J connectivity index is 1.60. The molecule has 0 aromatic rings. The second-order valence-corrected chi connectivity index (χ2v) is 6.46. The quantitative estimate of drug-likeness (QED) is 0.747. The van der Waals surface area contributed by atoms with Crippen molar-refractivity contribution in [2.24, 2.45) is 17.8 Å². The van der Waals surface area contributed by atoms with Crippen LogP contribution in [0, 0.1) is 17.8 Å². The molecule has 1 aliphatic heterocycles. The van der Waals surface area contributed by atoms with Gasteiger partial charge in [-0.15, -0.1) is 0 Å². The molecule has 1 aliphatic carbocycles. The van der Waals surface area contributed by atoms with Crippen LogP contribution in [0.1, 0.15) is 39.5 Å². The smallest absolute Gasteiger partial charge is 0.223 e. The minimum Gasteiger partial charge on any atom is -0.356 e. The van der Waals surface area contributed by atoms with E-state index in [1.807, 2.05) is 0 Å². The molecule has 1 amide bonds. The lowest BCUT2D eigenvalue weighted by atomic mass is 9.85. The fourth-order valence-corrected chi connectivity index (χ4v) is 2.79. The van der Waals surface area contributed by atoms with Gasteiger partial charge >= 0.3 is 0 Å². The first-order valence-corrected chi connectivity index (χ1v) is 7.82. The Hall–Kier alpha value is -0.830. The second-order valence-electron chi connectivity index (χ2n) is 6.46. The van der Waals surface area contributed by atoms with E-state index in [1.54, 1.807) is 0 Å². The normalized spacial score (nSPS) is 25.1. The van der Waals surface area contributed by atoms with Crippen molar-refractivity contribution in [2.45, 2.75) is 39.5 Å². The summed E-state index contributed by atoms with van der Waals surface area (Å²) in [4.78, 5) is 14.3. The highest BCUT2D eigenvalue weighted by atomic mass is 16.1. The minimum absolute atomic E-state index is 0.296. The van der Waals surface area contributed by atoms with Crippen LogP contribution in [0.5, 0.6) is 0 Å². The van der Waals surface area contributed by atoms with Crippen molar-refractivity contribution in [3.8, 4) is 0 Å². The van der Waals surface area contributed by atoms with E-state index in [9.17, 15) is 4.79 Å². The molecule has 3 nitrogen and oxygen atoms in total. The Morgan fingerprint density at radius 1 is 1.37 bits per heavy atom. The van der Waals surface area contributed by atoms with Crippen molar-refractivity contribution in [1.82, 2.24) is 10.2 Å². The van der Waals surface area contributed by atoms with Crippen LogP contribution in [0.2, 0.25) is 0 Å². The fourth-order valence-electron chi connectivity index (χ4n) is 2.79. The van der Waals surface area contributed by atoms with E-state index in [-0.39, 0.29) is 0 Å². The maximum Gasteiger partial charge on any atom is 0.223 e. The Labute approximate surface area is 117 Å². The van der Waals surface area contributed by atoms with E-state index >= 15 is 0 Å². The van der Waals surface area contributed by atoms with E-state index in [2.05, 4.69) is 36.2 Å².